The normalized spacial score (nSPS) is 14.1. The molecule has 28 heavy (non-hydrogen) atoms. The van der Waals surface area contributed by atoms with Crippen LogP contribution >= 0.6 is 0 Å². The molecule has 0 aromatic heterocycles. The van der Waals surface area contributed by atoms with Crippen molar-refractivity contribution in [3.63, 3.8) is 0 Å². The summed E-state index contributed by atoms with van der Waals surface area (Å²) >= 11 is 0. The molecule has 0 saturated heterocycles. The van der Waals surface area contributed by atoms with Gasteiger partial charge < -0.3 is 10.1 Å². The number of hydrogen-bond donors (Lipinski definition) is 1. The Hall–Kier alpha value is -3.33. The molecular formula is C25H23NO2. The first-order chi connectivity index (χ1) is 13.7. The van der Waals surface area contributed by atoms with Gasteiger partial charge in [0.2, 0.25) is 5.91 Å². The fourth-order valence-corrected chi connectivity index (χ4v) is 3.91. The van der Waals surface area contributed by atoms with Crippen LogP contribution in [0.4, 0.5) is 5.69 Å². The van der Waals surface area contributed by atoms with Gasteiger partial charge in [0.15, 0.2) is 0 Å². The van der Waals surface area contributed by atoms with E-state index in [1.165, 1.54) is 11.1 Å². The van der Waals surface area contributed by atoms with Crippen LogP contribution in [0.25, 0.3) is 0 Å². The van der Waals surface area contributed by atoms with Gasteiger partial charge in [-0.2, -0.15) is 0 Å². The van der Waals surface area contributed by atoms with Crippen LogP contribution in [0.15, 0.2) is 91.5 Å². The summed E-state index contributed by atoms with van der Waals surface area (Å²) in [7, 11) is 0. The lowest BCUT2D eigenvalue weighted by molar-refractivity contribution is -0.121. The molecule has 0 saturated carbocycles. The van der Waals surface area contributed by atoms with Crippen LogP contribution in [0.5, 0.6) is 5.75 Å². The number of nitrogens with one attached hydrogen (secondary N) is 1. The van der Waals surface area contributed by atoms with Gasteiger partial charge >= 0.3 is 0 Å². The molecule has 1 aliphatic rings. The third-order valence-corrected chi connectivity index (χ3v) is 5.34. The molecule has 0 bridgehead atoms. The van der Waals surface area contributed by atoms with Gasteiger partial charge in [0, 0.05) is 5.69 Å². The highest BCUT2D eigenvalue weighted by Gasteiger charge is 2.45. The molecule has 0 atom stereocenters. The van der Waals surface area contributed by atoms with Crippen LogP contribution in [0.3, 0.4) is 0 Å². The largest absolute Gasteiger partial charge is 0.490 e. The maximum atomic E-state index is 13.5. The van der Waals surface area contributed by atoms with Crippen molar-refractivity contribution in [2.24, 2.45) is 0 Å². The van der Waals surface area contributed by atoms with Crippen molar-refractivity contribution >= 4 is 11.6 Å². The molecular weight excluding hydrogens is 346 g/mol. The fourth-order valence-electron chi connectivity index (χ4n) is 3.91. The third kappa shape index (κ3) is 3.44. The quantitative estimate of drug-likeness (QED) is 0.626. The first-order valence-electron chi connectivity index (χ1n) is 9.49. The van der Waals surface area contributed by atoms with Crippen molar-refractivity contribution < 1.29 is 9.53 Å². The van der Waals surface area contributed by atoms with E-state index in [9.17, 15) is 4.79 Å². The number of amides is 1. The summed E-state index contributed by atoms with van der Waals surface area (Å²) in [5, 5.41) is 3.13. The molecule has 4 rings (SSSR count). The molecule has 1 amide bonds. The number of carbonyl (C=O) groups excluding carboxylic acids is 1. The van der Waals surface area contributed by atoms with Crippen molar-refractivity contribution in [1.29, 1.82) is 0 Å². The van der Waals surface area contributed by atoms with E-state index in [1.54, 1.807) is 6.08 Å². The average molecular weight is 369 g/mol. The molecule has 0 aliphatic heterocycles. The summed E-state index contributed by atoms with van der Waals surface area (Å²) in [4.78, 5) is 13.5. The predicted molar refractivity (Wildman–Crippen MR) is 113 cm³/mol. The fraction of sp³-hybridized carbons (Fsp3) is 0.160. The average Bonchev–Trinajstić information content (AvgIpc) is 3.15. The Morgan fingerprint density at radius 1 is 0.929 bits per heavy atom. The first-order valence-corrected chi connectivity index (χ1v) is 9.49. The minimum absolute atomic E-state index is 0.0228. The maximum Gasteiger partial charge on any atom is 0.235 e. The summed E-state index contributed by atoms with van der Waals surface area (Å²) in [5.74, 6) is 0.776. The van der Waals surface area contributed by atoms with E-state index >= 15 is 0 Å². The second-order valence-corrected chi connectivity index (χ2v) is 7.15. The lowest BCUT2D eigenvalue weighted by atomic mass is 9.76. The van der Waals surface area contributed by atoms with Crippen molar-refractivity contribution in [2.75, 3.05) is 11.9 Å². The molecule has 0 heterocycles. The molecule has 0 spiro atoms. The highest BCUT2D eigenvalue weighted by atomic mass is 16.5. The van der Waals surface area contributed by atoms with Crippen molar-refractivity contribution in [2.45, 2.75) is 18.3 Å². The Morgan fingerprint density at radius 2 is 1.54 bits per heavy atom. The number of benzene rings is 3. The first kappa shape index (κ1) is 18.1. The molecule has 3 nitrogen and oxygen atoms in total. The third-order valence-electron chi connectivity index (χ3n) is 5.34. The van der Waals surface area contributed by atoms with Crippen LogP contribution in [-0.2, 0) is 23.1 Å². The molecule has 0 radical (unpaired) electrons. The van der Waals surface area contributed by atoms with Crippen LogP contribution in [0.2, 0.25) is 0 Å². The van der Waals surface area contributed by atoms with E-state index < -0.39 is 5.41 Å². The second kappa shape index (κ2) is 7.73. The Morgan fingerprint density at radius 3 is 2.14 bits per heavy atom. The number of carbonyl (C=O) groups is 1. The van der Waals surface area contributed by atoms with Gasteiger partial charge in [0.25, 0.3) is 0 Å². The van der Waals surface area contributed by atoms with Crippen LogP contribution < -0.4 is 10.1 Å². The van der Waals surface area contributed by atoms with Crippen molar-refractivity contribution in [1.82, 2.24) is 0 Å². The van der Waals surface area contributed by atoms with Gasteiger partial charge in [-0.15, -0.1) is 0 Å². The van der Waals surface area contributed by atoms with Crippen LogP contribution in [0, 0.1) is 0 Å². The predicted octanol–water partition coefficient (Wildman–Crippen LogP) is 4.93. The van der Waals surface area contributed by atoms with Crippen molar-refractivity contribution in [3.8, 4) is 5.75 Å². The van der Waals surface area contributed by atoms with E-state index in [2.05, 4.69) is 36.2 Å². The number of fused-ring (bicyclic) bond motifs is 1. The molecule has 3 aromatic carbocycles. The summed E-state index contributed by atoms with van der Waals surface area (Å²) in [6, 6.07) is 25.9. The molecule has 1 N–H and O–H groups in total. The number of anilines is 1. The lowest BCUT2D eigenvalue weighted by Gasteiger charge is -2.28. The van der Waals surface area contributed by atoms with E-state index in [0.29, 0.717) is 19.4 Å². The van der Waals surface area contributed by atoms with Gasteiger partial charge in [-0.3, -0.25) is 4.79 Å². The standard InChI is InChI=1S/C25H23NO2/c1-2-16-28-23-14-12-22(13-15-23)26-24(27)25(21-10-4-3-5-11-21)17-19-8-6-7-9-20(19)18-25/h2-15H,1,16-18H2,(H,26,27). The minimum Gasteiger partial charge on any atom is -0.490 e. The summed E-state index contributed by atoms with van der Waals surface area (Å²) in [6.07, 6.45) is 3.12. The Balaban J connectivity index is 1.61. The summed E-state index contributed by atoms with van der Waals surface area (Å²) < 4.78 is 5.52. The number of rotatable bonds is 6. The Bertz CT molecular complexity index is 952. The number of ether oxygens (including phenoxy) is 1. The van der Waals surface area contributed by atoms with Gasteiger partial charge in [-0.05, 0) is 53.8 Å². The van der Waals surface area contributed by atoms with E-state index in [0.717, 1.165) is 17.0 Å². The van der Waals surface area contributed by atoms with Gasteiger partial charge in [-0.25, -0.2) is 0 Å². The Kier molecular flexibility index (Phi) is 4.98. The van der Waals surface area contributed by atoms with Gasteiger partial charge in [0.1, 0.15) is 12.4 Å². The van der Waals surface area contributed by atoms with Crippen LogP contribution in [-0.4, -0.2) is 12.5 Å². The van der Waals surface area contributed by atoms with Crippen LogP contribution in [0.1, 0.15) is 16.7 Å². The van der Waals surface area contributed by atoms with E-state index in [-0.39, 0.29) is 5.91 Å². The van der Waals surface area contributed by atoms with E-state index in [4.69, 9.17) is 4.74 Å². The summed E-state index contributed by atoms with van der Waals surface area (Å²) in [5.41, 5.74) is 3.71. The van der Waals surface area contributed by atoms with Crippen molar-refractivity contribution in [3.05, 3.63) is 108 Å². The zero-order valence-corrected chi connectivity index (χ0v) is 15.7. The Labute approximate surface area is 165 Å². The highest BCUT2D eigenvalue weighted by Crippen LogP contribution is 2.40. The zero-order valence-electron chi connectivity index (χ0n) is 15.7. The lowest BCUT2D eigenvalue weighted by Crippen LogP contribution is -2.41. The monoisotopic (exact) mass is 369 g/mol. The second-order valence-electron chi connectivity index (χ2n) is 7.15. The molecule has 140 valence electrons. The maximum absolute atomic E-state index is 13.5. The number of hydrogen-bond acceptors (Lipinski definition) is 2. The molecule has 1 aliphatic carbocycles. The van der Waals surface area contributed by atoms with Gasteiger partial charge in [-0.1, -0.05) is 67.3 Å². The topological polar surface area (TPSA) is 38.3 Å². The SMILES string of the molecule is C=CCOc1ccc(NC(=O)C2(c3ccccc3)Cc3ccccc3C2)cc1. The van der Waals surface area contributed by atoms with E-state index in [1.807, 2.05) is 54.6 Å². The smallest absolute Gasteiger partial charge is 0.235 e. The summed E-state index contributed by atoms with van der Waals surface area (Å²) in [6.45, 7) is 4.11. The molecule has 3 heteroatoms. The molecule has 0 unspecified atom stereocenters. The minimum atomic E-state index is -0.594. The molecule has 0 fully saturated rings. The molecule has 3 aromatic rings. The zero-order chi connectivity index (χ0) is 19.4. The van der Waals surface area contributed by atoms with Gasteiger partial charge in [0.05, 0.1) is 5.41 Å². The highest BCUT2D eigenvalue weighted by molar-refractivity contribution is 6.00.